The Morgan fingerprint density at radius 1 is 1.33 bits per heavy atom. The number of anilines is 1. The van der Waals surface area contributed by atoms with Crippen LogP contribution in [0.5, 0.6) is 0 Å². The molecule has 8 nitrogen and oxygen atoms in total. The van der Waals surface area contributed by atoms with Crippen LogP contribution in [0.1, 0.15) is 23.6 Å². The number of piperidine rings is 1. The van der Waals surface area contributed by atoms with Crippen LogP contribution in [-0.4, -0.2) is 45.3 Å². The first-order chi connectivity index (χ1) is 11.6. The van der Waals surface area contributed by atoms with Gasteiger partial charge in [-0.1, -0.05) is 11.3 Å². The molecule has 0 bridgehead atoms. The summed E-state index contributed by atoms with van der Waals surface area (Å²) in [5, 5.41) is 20.6. The second-order valence-electron chi connectivity index (χ2n) is 5.32. The molecule has 0 atom stereocenters. The Kier molecular flexibility index (Phi) is 4.90. The number of hydrogen-bond donors (Lipinski definition) is 2. The molecule has 1 aliphatic heterocycles. The third-order valence-electron chi connectivity index (χ3n) is 3.72. The minimum Gasteiger partial charge on any atom is -0.481 e. The van der Waals surface area contributed by atoms with Gasteiger partial charge in [-0.05, 0) is 37.1 Å². The highest BCUT2D eigenvalue weighted by Gasteiger charge is 2.27. The van der Waals surface area contributed by atoms with Crippen molar-refractivity contribution in [2.45, 2.75) is 12.8 Å². The molecule has 126 valence electrons. The lowest BCUT2D eigenvalue weighted by atomic mass is 9.97. The third-order valence-corrected chi connectivity index (χ3v) is 4.52. The van der Waals surface area contributed by atoms with E-state index in [0.29, 0.717) is 41.8 Å². The fourth-order valence-electron chi connectivity index (χ4n) is 2.39. The Balaban J connectivity index is 1.53. The molecule has 3 rings (SSSR count). The van der Waals surface area contributed by atoms with Crippen LogP contribution in [0, 0.1) is 5.92 Å². The lowest BCUT2D eigenvalue weighted by molar-refractivity contribution is -0.143. The van der Waals surface area contributed by atoms with E-state index < -0.39 is 5.97 Å². The van der Waals surface area contributed by atoms with Crippen LogP contribution < -0.4 is 5.32 Å². The molecule has 3 heterocycles. The van der Waals surface area contributed by atoms with E-state index in [1.165, 1.54) is 11.3 Å². The van der Waals surface area contributed by atoms with Crippen LogP contribution in [0.3, 0.4) is 0 Å². The third kappa shape index (κ3) is 3.99. The van der Waals surface area contributed by atoms with Gasteiger partial charge in [0.1, 0.15) is 10.8 Å². The van der Waals surface area contributed by atoms with Gasteiger partial charge in [0.25, 0.3) is 0 Å². The molecule has 2 N–H and O–H groups in total. The predicted octanol–water partition coefficient (Wildman–Crippen LogP) is 2.63. The van der Waals surface area contributed by atoms with Crippen molar-refractivity contribution in [3.63, 3.8) is 0 Å². The number of amides is 2. The molecule has 2 aromatic heterocycles. The van der Waals surface area contributed by atoms with Crippen molar-refractivity contribution in [1.82, 2.24) is 15.1 Å². The summed E-state index contributed by atoms with van der Waals surface area (Å²) in [6.45, 7) is 0.847. The Morgan fingerprint density at radius 2 is 2.12 bits per heavy atom. The largest absolute Gasteiger partial charge is 0.481 e. The van der Waals surface area contributed by atoms with Crippen molar-refractivity contribution in [1.29, 1.82) is 0 Å². The van der Waals surface area contributed by atoms with E-state index in [-0.39, 0.29) is 11.9 Å². The predicted molar refractivity (Wildman–Crippen MR) is 88.5 cm³/mol. The van der Waals surface area contributed by atoms with Gasteiger partial charge in [-0.3, -0.25) is 10.1 Å². The van der Waals surface area contributed by atoms with Crippen molar-refractivity contribution >= 4 is 40.6 Å². The SMILES string of the molecule is O=C(O)C1CCN(C(=O)Nc2nnc(/C=C/c3ccco3)s2)CC1. The van der Waals surface area contributed by atoms with Crippen molar-refractivity contribution in [2.24, 2.45) is 5.92 Å². The number of carboxylic acids is 1. The molecule has 0 radical (unpaired) electrons. The lowest BCUT2D eigenvalue weighted by Crippen LogP contribution is -2.42. The molecule has 2 aromatic rings. The highest BCUT2D eigenvalue weighted by molar-refractivity contribution is 7.16. The summed E-state index contributed by atoms with van der Waals surface area (Å²) in [6.07, 6.45) is 6.04. The summed E-state index contributed by atoms with van der Waals surface area (Å²) in [6, 6.07) is 3.33. The van der Waals surface area contributed by atoms with E-state index in [1.807, 2.05) is 6.07 Å². The number of aliphatic carboxylic acids is 1. The zero-order chi connectivity index (χ0) is 16.9. The monoisotopic (exact) mass is 348 g/mol. The lowest BCUT2D eigenvalue weighted by Gasteiger charge is -2.29. The summed E-state index contributed by atoms with van der Waals surface area (Å²) in [5.41, 5.74) is 0. The van der Waals surface area contributed by atoms with Crippen LogP contribution >= 0.6 is 11.3 Å². The standard InChI is InChI=1S/C15H16N4O4S/c20-13(21)10-5-7-19(8-6-10)15(22)16-14-18-17-12(24-14)4-3-11-2-1-9-23-11/h1-4,9-10H,5-8H2,(H,20,21)(H,16,18,22)/b4-3+. The number of urea groups is 1. The molecule has 1 aliphatic rings. The van der Waals surface area contributed by atoms with Crippen molar-refractivity contribution in [2.75, 3.05) is 18.4 Å². The molecule has 0 aliphatic carbocycles. The Morgan fingerprint density at radius 3 is 2.79 bits per heavy atom. The number of furan rings is 1. The van der Waals surface area contributed by atoms with E-state index in [2.05, 4.69) is 15.5 Å². The van der Waals surface area contributed by atoms with E-state index in [0.717, 1.165) is 0 Å². The first-order valence-corrected chi connectivity index (χ1v) is 8.27. The Bertz CT molecular complexity index is 733. The smallest absolute Gasteiger partial charge is 0.323 e. The number of carbonyl (C=O) groups excluding carboxylic acids is 1. The average Bonchev–Trinajstić information content (AvgIpc) is 3.24. The zero-order valence-electron chi connectivity index (χ0n) is 12.7. The number of nitrogens with zero attached hydrogens (tertiary/aromatic N) is 3. The molecular formula is C15H16N4O4S. The van der Waals surface area contributed by atoms with Crippen LogP contribution in [0.2, 0.25) is 0 Å². The maximum Gasteiger partial charge on any atom is 0.323 e. The molecule has 2 amide bonds. The van der Waals surface area contributed by atoms with Crippen LogP contribution in [-0.2, 0) is 4.79 Å². The molecular weight excluding hydrogens is 332 g/mol. The zero-order valence-corrected chi connectivity index (χ0v) is 13.5. The van der Waals surface area contributed by atoms with E-state index in [1.54, 1.807) is 29.4 Å². The van der Waals surface area contributed by atoms with Crippen molar-refractivity contribution < 1.29 is 19.1 Å². The number of likely N-dealkylation sites (tertiary alicyclic amines) is 1. The van der Waals surface area contributed by atoms with Crippen molar-refractivity contribution in [3.8, 4) is 0 Å². The van der Waals surface area contributed by atoms with Gasteiger partial charge in [0, 0.05) is 13.1 Å². The molecule has 1 fully saturated rings. The maximum atomic E-state index is 12.2. The minimum atomic E-state index is -0.799. The molecule has 24 heavy (non-hydrogen) atoms. The molecule has 0 saturated carbocycles. The molecule has 0 spiro atoms. The topological polar surface area (TPSA) is 109 Å². The maximum absolute atomic E-state index is 12.2. The second kappa shape index (κ2) is 7.26. The molecule has 9 heteroatoms. The highest BCUT2D eigenvalue weighted by atomic mass is 32.1. The summed E-state index contributed by atoms with van der Waals surface area (Å²) in [5.74, 6) is -0.460. The van der Waals surface area contributed by atoms with Crippen LogP contribution in [0.25, 0.3) is 12.2 Å². The normalized spacial score (nSPS) is 15.8. The highest BCUT2D eigenvalue weighted by Crippen LogP contribution is 2.21. The van der Waals surface area contributed by atoms with E-state index >= 15 is 0 Å². The number of carbonyl (C=O) groups is 2. The molecule has 1 saturated heterocycles. The number of hydrogen-bond acceptors (Lipinski definition) is 6. The molecule has 0 unspecified atom stereocenters. The average molecular weight is 348 g/mol. The summed E-state index contributed by atoms with van der Waals surface area (Å²) >= 11 is 1.25. The number of rotatable bonds is 4. The number of aromatic nitrogens is 2. The summed E-state index contributed by atoms with van der Waals surface area (Å²) in [7, 11) is 0. The van der Waals surface area contributed by atoms with E-state index in [9.17, 15) is 9.59 Å². The van der Waals surface area contributed by atoms with Crippen LogP contribution in [0.15, 0.2) is 22.8 Å². The Hall–Kier alpha value is -2.68. The fraction of sp³-hybridized carbons (Fsp3) is 0.333. The van der Waals surface area contributed by atoms with E-state index in [4.69, 9.17) is 9.52 Å². The second-order valence-corrected chi connectivity index (χ2v) is 6.33. The quantitative estimate of drug-likeness (QED) is 0.879. The minimum absolute atomic E-state index is 0.281. The number of nitrogens with one attached hydrogen (secondary N) is 1. The van der Waals surface area contributed by atoms with Gasteiger partial charge in [-0.2, -0.15) is 0 Å². The van der Waals surface area contributed by atoms with Gasteiger partial charge in [-0.15, -0.1) is 10.2 Å². The first-order valence-electron chi connectivity index (χ1n) is 7.45. The molecule has 0 aromatic carbocycles. The summed E-state index contributed by atoms with van der Waals surface area (Å²) in [4.78, 5) is 24.7. The number of carboxylic acid groups (broad SMARTS) is 1. The van der Waals surface area contributed by atoms with Crippen molar-refractivity contribution in [3.05, 3.63) is 29.2 Å². The van der Waals surface area contributed by atoms with Gasteiger partial charge < -0.3 is 14.4 Å². The van der Waals surface area contributed by atoms with Gasteiger partial charge in [0.15, 0.2) is 0 Å². The van der Waals surface area contributed by atoms with Crippen LogP contribution in [0.4, 0.5) is 9.93 Å². The van der Waals surface area contributed by atoms with Gasteiger partial charge in [-0.25, -0.2) is 4.79 Å². The fourth-order valence-corrected chi connectivity index (χ4v) is 3.03. The summed E-state index contributed by atoms with van der Waals surface area (Å²) < 4.78 is 5.18. The van der Waals surface area contributed by atoms with Gasteiger partial charge >= 0.3 is 12.0 Å². The Labute approximate surface area is 141 Å². The first kappa shape index (κ1) is 16.2. The van der Waals surface area contributed by atoms with Gasteiger partial charge in [0.2, 0.25) is 5.13 Å². The van der Waals surface area contributed by atoms with Gasteiger partial charge in [0.05, 0.1) is 12.2 Å².